The van der Waals surface area contributed by atoms with E-state index in [4.69, 9.17) is 25.8 Å². The number of ether oxygens (including phenoxy) is 3. The van der Waals surface area contributed by atoms with E-state index in [-0.39, 0.29) is 30.1 Å². The standard InChI is InChI=1S/C22H29ClN4O5/c1-21(2,3)32-20(29)25-6-7-27-14(9-25)10-31-15-8-16(23)24-18(17(15)19(27)28)26-5-4-22(11-26)12-30-13-22/h8,14H,4-7,9-13H2,1-3H3/t14-/m1/s1. The van der Waals surface area contributed by atoms with Crippen LogP contribution in [0.3, 0.4) is 0 Å². The molecule has 0 aromatic carbocycles. The van der Waals surface area contributed by atoms with Gasteiger partial charge in [0, 0.05) is 44.2 Å². The number of halogens is 1. The number of anilines is 1. The van der Waals surface area contributed by atoms with Gasteiger partial charge in [-0.25, -0.2) is 9.78 Å². The van der Waals surface area contributed by atoms with E-state index in [1.807, 2.05) is 20.8 Å². The SMILES string of the molecule is CC(C)(C)OC(=O)N1CCN2C(=O)c3c(cc(Cl)nc3N3CCC4(COC4)C3)OC[C@H]2C1. The molecule has 1 spiro atoms. The molecule has 2 amide bonds. The lowest BCUT2D eigenvalue weighted by Crippen LogP contribution is -2.58. The number of fused-ring (bicyclic) bond motifs is 2. The number of nitrogens with zero attached hydrogens (tertiary/aromatic N) is 4. The van der Waals surface area contributed by atoms with Crippen LogP contribution >= 0.6 is 11.6 Å². The first-order valence-corrected chi connectivity index (χ1v) is 11.5. The van der Waals surface area contributed by atoms with Crippen molar-refractivity contribution in [1.82, 2.24) is 14.8 Å². The fraction of sp³-hybridized carbons (Fsp3) is 0.682. The summed E-state index contributed by atoms with van der Waals surface area (Å²) in [5.74, 6) is 0.904. The third kappa shape index (κ3) is 3.85. The zero-order valence-electron chi connectivity index (χ0n) is 18.7. The molecule has 4 aliphatic rings. The van der Waals surface area contributed by atoms with Gasteiger partial charge in [-0.15, -0.1) is 0 Å². The smallest absolute Gasteiger partial charge is 0.410 e. The molecule has 9 nitrogen and oxygen atoms in total. The van der Waals surface area contributed by atoms with Crippen LogP contribution < -0.4 is 9.64 Å². The molecule has 174 valence electrons. The molecule has 10 heteroatoms. The first-order valence-electron chi connectivity index (χ1n) is 11.1. The van der Waals surface area contributed by atoms with Gasteiger partial charge in [-0.05, 0) is 27.2 Å². The molecule has 1 aromatic heterocycles. The van der Waals surface area contributed by atoms with Gasteiger partial charge in [-0.1, -0.05) is 11.6 Å². The minimum atomic E-state index is -0.573. The fourth-order valence-corrected chi connectivity index (χ4v) is 5.03. The lowest BCUT2D eigenvalue weighted by molar-refractivity contribution is -0.0985. The van der Waals surface area contributed by atoms with Crippen molar-refractivity contribution < 1.29 is 23.8 Å². The van der Waals surface area contributed by atoms with Crippen LogP contribution in [-0.4, -0.2) is 91.0 Å². The van der Waals surface area contributed by atoms with E-state index in [1.165, 1.54) is 0 Å². The maximum Gasteiger partial charge on any atom is 0.410 e. The second-order valence-corrected chi connectivity index (χ2v) is 10.6. The number of aromatic nitrogens is 1. The molecule has 1 atom stereocenters. The van der Waals surface area contributed by atoms with Crippen LogP contribution in [-0.2, 0) is 9.47 Å². The molecule has 0 N–H and O–H groups in total. The Balaban J connectivity index is 1.39. The topological polar surface area (TPSA) is 84.4 Å². The largest absolute Gasteiger partial charge is 0.490 e. The van der Waals surface area contributed by atoms with Crippen LogP contribution in [0.4, 0.5) is 10.6 Å². The predicted octanol–water partition coefficient (Wildman–Crippen LogP) is 2.42. The van der Waals surface area contributed by atoms with Gasteiger partial charge < -0.3 is 28.9 Å². The van der Waals surface area contributed by atoms with Crippen molar-refractivity contribution in [3.63, 3.8) is 0 Å². The molecule has 0 saturated carbocycles. The quantitative estimate of drug-likeness (QED) is 0.590. The molecule has 0 unspecified atom stereocenters. The molecule has 0 bridgehead atoms. The summed E-state index contributed by atoms with van der Waals surface area (Å²) in [6.45, 7) is 10.0. The Morgan fingerprint density at radius 2 is 2.06 bits per heavy atom. The van der Waals surface area contributed by atoms with Gasteiger partial charge in [-0.3, -0.25) is 4.79 Å². The Hall–Kier alpha value is -2.26. The molecule has 1 aromatic rings. The molecular weight excluding hydrogens is 436 g/mol. The van der Waals surface area contributed by atoms with Crippen molar-refractivity contribution in [2.45, 2.75) is 38.8 Å². The van der Waals surface area contributed by atoms with Crippen molar-refractivity contribution in [3.05, 3.63) is 16.8 Å². The van der Waals surface area contributed by atoms with E-state index in [0.717, 1.165) is 32.7 Å². The van der Waals surface area contributed by atoms with E-state index in [0.29, 0.717) is 41.9 Å². The Kier molecular flexibility index (Phi) is 5.16. The van der Waals surface area contributed by atoms with Crippen LogP contribution in [0, 0.1) is 5.41 Å². The minimum absolute atomic E-state index is 0.128. The number of hydrogen-bond acceptors (Lipinski definition) is 7. The number of carbonyl (C=O) groups is 2. The van der Waals surface area contributed by atoms with E-state index in [2.05, 4.69) is 9.88 Å². The predicted molar refractivity (Wildman–Crippen MR) is 117 cm³/mol. The second kappa shape index (κ2) is 7.66. The van der Waals surface area contributed by atoms with Crippen LogP contribution in [0.5, 0.6) is 5.75 Å². The highest BCUT2D eigenvalue weighted by Crippen LogP contribution is 2.42. The summed E-state index contributed by atoms with van der Waals surface area (Å²) in [4.78, 5) is 36.4. The molecule has 4 aliphatic heterocycles. The normalized spacial score (nSPS) is 24.4. The number of rotatable bonds is 1. The summed E-state index contributed by atoms with van der Waals surface area (Å²) in [5.41, 5.74) is 0.0309. The molecule has 5 heterocycles. The van der Waals surface area contributed by atoms with E-state index < -0.39 is 5.60 Å². The van der Waals surface area contributed by atoms with Crippen molar-refractivity contribution >= 4 is 29.4 Å². The third-order valence-electron chi connectivity index (χ3n) is 6.53. The highest BCUT2D eigenvalue weighted by Gasteiger charge is 2.47. The highest BCUT2D eigenvalue weighted by atomic mass is 35.5. The van der Waals surface area contributed by atoms with Crippen LogP contribution in [0.15, 0.2) is 6.07 Å². The molecule has 0 aliphatic carbocycles. The molecule has 5 rings (SSSR count). The zero-order chi connectivity index (χ0) is 22.7. The summed E-state index contributed by atoms with van der Waals surface area (Å²) in [7, 11) is 0. The number of hydrogen-bond donors (Lipinski definition) is 0. The van der Waals surface area contributed by atoms with Crippen LogP contribution in [0.2, 0.25) is 5.15 Å². The Morgan fingerprint density at radius 1 is 1.28 bits per heavy atom. The van der Waals surface area contributed by atoms with Crippen LogP contribution in [0.1, 0.15) is 37.6 Å². The maximum absolute atomic E-state index is 13.7. The molecule has 32 heavy (non-hydrogen) atoms. The number of piperazine rings is 1. The lowest BCUT2D eigenvalue weighted by atomic mass is 9.85. The Labute approximate surface area is 192 Å². The van der Waals surface area contributed by atoms with Crippen molar-refractivity contribution in [2.75, 3.05) is 57.4 Å². The average Bonchev–Trinajstić information content (AvgIpc) is 3.11. The molecular formula is C22H29ClN4O5. The van der Waals surface area contributed by atoms with Crippen molar-refractivity contribution in [2.24, 2.45) is 5.41 Å². The summed E-state index contributed by atoms with van der Waals surface area (Å²) in [6, 6.07) is 1.34. The van der Waals surface area contributed by atoms with Gasteiger partial charge in [0.15, 0.2) is 0 Å². The maximum atomic E-state index is 13.7. The summed E-state index contributed by atoms with van der Waals surface area (Å²) >= 11 is 6.32. The first-order chi connectivity index (χ1) is 15.1. The summed E-state index contributed by atoms with van der Waals surface area (Å²) in [6.07, 6.45) is 0.629. The van der Waals surface area contributed by atoms with Gasteiger partial charge in [0.25, 0.3) is 5.91 Å². The third-order valence-corrected chi connectivity index (χ3v) is 6.72. The van der Waals surface area contributed by atoms with Gasteiger partial charge in [-0.2, -0.15) is 0 Å². The van der Waals surface area contributed by atoms with Crippen LogP contribution in [0.25, 0.3) is 0 Å². The first kappa shape index (κ1) is 21.6. The molecule has 3 saturated heterocycles. The van der Waals surface area contributed by atoms with Crippen molar-refractivity contribution in [3.8, 4) is 5.75 Å². The highest BCUT2D eigenvalue weighted by molar-refractivity contribution is 6.30. The minimum Gasteiger partial charge on any atom is -0.490 e. The zero-order valence-corrected chi connectivity index (χ0v) is 19.5. The van der Waals surface area contributed by atoms with Gasteiger partial charge in [0.05, 0.1) is 19.3 Å². The second-order valence-electron chi connectivity index (χ2n) is 10.2. The Morgan fingerprint density at radius 3 is 2.72 bits per heavy atom. The van der Waals surface area contributed by atoms with Crippen molar-refractivity contribution in [1.29, 1.82) is 0 Å². The summed E-state index contributed by atoms with van der Waals surface area (Å²) in [5, 5.41) is 0.299. The average molecular weight is 465 g/mol. The van der Waals surface area contributed by atoms with E-state index in [9.17, 15) is 9.59 Å². The molecule has 0 radical (unpaired) electrons. The monoisotopic (exact) mass is 464 g/mol. The fourth-order valence-electron chi connectivity index (χ4n) is 4.85. The molecule has 3 fully saturated rings. The Bertz CT molecular complexity index is 945. The summed E-state index contributed by atoms with van der Waals surface area (Å²) < 4.78 is 17.0. The van der Waals surface area contributed by atoms with Gasteiger partial charge in [0.2, 0.25) is 0 Å². The van der Waals surface area contributed by atoms with E-state index in [1.54, 1.807) is 15.9 Å². The van der Waals surface area contributed by atoms with Gasteiger partial charge in [0.1, 0.15) is 34.5 Å². The number of amides is 2. The number of pyridine rings is 1. The number of carbonyl (C=O) groups excluding carboxylic acids is 2. The van der Waals surface area contributed by atoms with E-state index >= 15 is 0 Å². The lowest BCUT2D eigenvalue weighted by Gasteiger charge is -2.40. The van der Waals surface area contributed by atoms with Gasteiger partial charge >= 0.3 is 6.09 Å².